The lowest BCUT2D eigenvalue weighted by atomic mass is 9.75. The van der Waals surface area contributed by atoms with E-state index < -0.39 is 0 Å². The Bertz CT molecular complexity index is 1110. The summed E-state index contributed by atoms with van der Waals surface area (Å²) in [6.07, 6.45) is 3.75. The zero-order valence-electron chi connectivity index (χ0n) is 17.7. The first-order valence-electron chi connectivity index (χ1n) is 11.1. The minimum Gasteiger partial charge on any atom is -0.326 e. The number of fused-ring (bicyclic) bond motifs is 9. The molecule has 1 heteroatoms. The van der Waals surface area contributed by atoms with E-state index in [1.807, 2.05) is 0 Å². The van der Waals surface area contributed by atoms with E-state index in [2.05, 4.69) is 98.9 Å². The molecule has 2 heterocycles. The number of hydrogen-bond donors (Lipinski definition) is 1. The Kier molecular flexibility index (Phi) is 3.38. The van der Waals surface area contributed by atoms with E-state index in [0.29, 0.717) is 5.41 Å². The second-order valence-electron chi connectivity index (χ2n) is 10.3. The highest BCUT2D eigenvalue weighted by molar-refractivity contribution is 5.54. The monoisotopic (exact) mass is 380 g/mol. The third-order valence-electron chi connectivity index (χ3n) is 8.27. The van der Waals surface area contributed by atoms with Gasteiger partial charge in [0, 0.05) is 28.5 Å². The zero-order valence-corrected chi connectivity index (χ0v) is 17.7. The van der Waals surface area contributed by atoms with Crippen molar-refractivity contribution in [1.82, 2.24) is 0 Å². The molecule has 3 aliphatic rings. The predicted molar refractivity (Wildman–Crippen MR) is 118 cm³/mol. The molecule has 2 bridgehead atoms. The first kappa shape index (κ1) is 17.5. The van der Waals surface area contributed by atoms with Gasteiger partial charge in [0.25, 0.3) is 0 Å². The Morgan fingerprint density at radius 3 is 2.03 bits per heavy atom. The Morgan fingerprint density at radius 2 is 1.34 bits per heavy atom. The number of rotatable bonds is 2. The molecule has 3 aromatic rings. The zero-order chi connectivity index (χ0) is 19.9. The lowest BCUT2D eigenvalue weighted by molar-refractivity contribution is -0.783. The molecule has 1 saturated carbocycles. The number of nitrogens with two attached hydrogens (primary N) is 1. The van der Waals surface area contributed by atoms with Crippen molar-refractivity contribution in [2.45, 2.75) is 56.5 Å². The molecule has 0 amide bonds. The molecular formula is C28H30N+. The molecule has 29 heavy (non-hydrogen) atoms. The summed E-state index contributed by atoms with van der Waals surface area (Å²) < 4.78 is 0. The Labute approximate surface area is 174 Å². The summed E-state index contributed by atoms with van der Waals surface area (Å²) >= 11 is 0. The van der Waals surface area contributed by atoms with Crippen molar-refractivity contribution in [1.29, 1.82) is 0 Å². The molecule has 1 fully saturated rings. The van der Waals surface area contributed by atoms with Gasteiger partial charge in [0.1, 0.15) is 11.1 Å². The van der Waals surface area contributed by atoms with Crippen molar-refractivity contribution in [3.05, 3.63) is 106 Å². The van der Waals surface area contributed by atoms with Gasteiger partial charge in [0.15, 0.2) is 0 Å². The van der Waals surface area contributed by atoms with Crippen molar-refractivity contribution in [3.63, 3.8) is 0 Å². The van der Waals surface area contributed by atoms with Crippen LogP contribution in [0.1, 0.15) is 60.1 Å². The maximum absolute atomic E-state index is 2.68. The third kappa shape index (κ3) is 2.31. The SMILES string of the molecule is Cc1ccc(CC23CC2CC2(C)[NH2+]C(C)(c4ccccc42)c2ccccc23)cc1. The van der Waals surface area contributed by atoms with Crippen molar-refractivity contribution in [2.24, 2.45) is 5.92 Å². The van der Waals surface area contributed by atoms with Crippen LogP contribution in [0.5, 0.6) is 0 Å². The maximum atomic E-state index is 2.68. The standard InChI is InChI=1S/C28H29N/c1-19-12-14-20(15-13-19)16-28-18-21(28)17-26(2)22-8-4-5-9-23(22)27(3,29-26)24-10-6-7-11-25(24)28/h4-15,21,29H,16-18H2,1-3H3/p+1. The lowest BCUT2D eigenvalue weighted by Gasteiger charge is -2.36. The molecule has 0 spiro atoms. The van der Waals surface area contributed by atoms with E-state index in [0.717, 1.165) is 12.3 Å². The summed E-state index contributed by atoms with van der Waals surface area (Å²) in [6.45, 7) is 7.12. The molecule has 6 rings (SSSR count). The van der Waals surface area contributed by atoms with Gasteiger partial charge in [-0.1, -0.05) is 78.4 Å². The molecule has 4 atom stereocenters. The fraction of sp³-hybridized carbons (Fsp3) is 0.357. The van der Waals surface area contributed by atoms with E-state index in [4.69, 9.17) is 0 Å². The van der Waals surface area contributed by atoms with Crippen LogP contribution >= 0.6 is 0 Å². The Hall–Kier alpha value is -2.38. The van der Waals surface area contributed by atoms with E-state index in [9.17, 15) is 0 Å². The smallest absolute Gasteiger partial charge is 0.146 e. The number of benzene rings is 3. The van der Waals surface area contributed by atoms with Gasteiger partial charge in [-0.05, 0) is 50.7 Å². The minimum atomic E-state index is -0.00419. The molecule has 1 aliphatic carbocycles. The van der Waals surface area contributed by atoms with Crippen LogP contribution in [0.3, 0.4) is 0 Å². The fourth-order valence-electron chi connectivity index (χ4n) is 6.86. The number of quaternary nitrogens is 1. The highest BCUT2D eigenvalue weighted by Gasteiger charge is 2.65. The average molecular weight is 381 g/mol. The third-order valence-corrected chi connectivity index (χ3v) is 8.27. The maximum Gasteiger partial charge on any atom is 0.146 e. The van der Waals surface area contributed by atoms with Gasteiger partial charge in [-0.25, -0.2) is 0 Å². The first-order valence-corrected chi connectivity index (χ1v) is 11.1. The molecule has 0 aromatic heterocycles. The fourth-order valence-corrected chi connectivity index (χ4v) is 6.86. The first-order chi connectivity index (χ1) is 13.9. The number of aryl methyl sites for hydroxylation is 1. The largest absolute Gasteiger partial charge is 0.326 e. The normalized spacial score (nSPS) is 33.8. The van der Waals surface area contributed by atoms with Gasteiger partial charge >= 0.3 is 0 Å². The topological polar surface area (TPSA) is 16.6 Å². The Balaban J connectivity index is 1.55. The van der Waals surface area contributed by atoms with Gasteiger partial charge in [-0.3, -0.25) is 0 Å². The van der Waals surface area contributed by atoms with E-state index in [1.165, 1.54) is 35.1 Å². The molecule has 1 nitrogen and oxygen atoms in total. The molecule has 2 aliphatic heterocycles. The van der Waals surface area contributed by atoms with Crippen molar-refractivity contribution in [3.8, 4) is 0 Å². The summed E-state index contributed by atoms with van der Waals surface area (Å²) in [7, 11) is 0. The van der Waals surface area contributed by atoms with Crippen LogP contribution in [0, 0.1) is 12.8 Å². The highest BCUT2D eigenvalue weighted by atomic mass is 15.1. The Morgan fingerprint density at radius 1 is 0.759 bits per heavy atom. The summed E-state index contributed by atoms with van der Waals surface area (Å²) in [5.41, 5.74) is 9.49. The van der Waals surface area contributed by atoms with Crippen molar-refractivity contribution in [2.75, 3.05) is 0 Å². The van der Waals surface area contributed by atoms with Gasteiger partial charge in [0.05, 0.1) is 0 Å². The molecular weight excluding hydrogens is 350 g/mol. The average Bonchev–Trinajstić information content (AvgIpc) is 3.33. The molecule has 0 radical (unpaired) electrons. The minimum absolute atomic E-state index is 0.00419. The molecule has 146 valence electrons. The molecule has 0 saturated heterocycles. The summed E-state index contributed by atoms with van der Waals surface area (Å²) in [6, 6.07) is 27.8. The van der Waals surface area contributed by atoms with E-state index in [1.54, 1.807) is 11.1 Å². The van der Waals surface area contributed by atoms with Crippen LogP contribution in [-0.4, -0.2) is 0 Å². The van der Waals surface area contributed by atoms with Crippen molar-refractivity contribution < 1.29 is 5.32 Å². The van der Waals surface area contributed by atoms with E-state index >= 15 is 0 Å². The quantitative estimate of drug-likeness (QED) is 0.647. The highest BCUT2D eigenvalue weighted by Crippen LogP contribution is 2.63. The van der Waals surface area contributed by atoms with Crippen LogP contribution in [0.2, 0.25) is 0 Å². The van der Waals surface area contributed by atoms with Crippen LogP contribution in [0.4, 0.5) is 0 Å². The molecule has 3 aromatic carbocycles. The van der Waals surface area contributed by atoms with Crippen LogP contribution < -0.4 is 5.32 Å². The molecule has 2 N–H and O–H groups in total. The summed E-state index contributed by atoms with van der Waals surface area (Å²) in [5, 5.41) is 2.68. The summed E-state index contributed by atoms with van der Waals surface area (Å²) in [4.78, 5) is 0. The van der Waals surface area contributed by atoms with Crippen LogP contribution in [0.25, 0.3) is 0 Å². The van der Waals surface area contributed by atoms with Crippen LogP contribution in [-0.2, 0) is 22.9 Å². The second kappa shape index (κ2) is 5.61. The van der Waals surface area contributed by atoms with Gasteiger partial charge in [0.2, 0.25) is 0 Å². The van der Waals surface area contributed by atoms with Gasteiger partial charge in [-0.15, -0.1) is 0 Å². The summed E-state index contributed by atoms with van der Waals surface area (Å²) in [5.74, 6) is 0.752. The lowest BCUT2D eigenvalue weighted by Crippen LogP contribution is -2.99. The van der Waals surface area contributed by atoms with Crippen LogP contribution in [0.15, 0.2) is 72.8 Å². The van der Waals surface area contributed by atoms with Crippen molar-refractivity contribution >= 4 is 0 Å². The second-order valence-corrected chi connectivity index (χ2v) is 10.3. The van der Waals surface area contributed by atoms with E-state index in [-0.39, 0.29) is 11.1 Å². The van der Waals surface area contributed by atoms with Gasteiger partial charge in [-0.2, -0.15) is 0 Å². The molecule has 4 unspecified atom stereocenters. The number of hydrogen-bond acceptors (Lipinski definition) is 0. The predicted octanol–water partition coefficient (Wildman–Crippen LogP) is 4.95. The van der Waals surface area contributed by atoms with Gasteiger partial charge < -0.3 is 5.32 Å².